The van der Waals surface area contributed by atoms with Crippen LogP contribution < -0.4 is 4.74 Å². The Morgan fingerprint density at radius 1 is 1.09 bits per heavy atom. The lowest BCUT2D eigenvalue weighted by Crippen LogP contribution is -2.03. The number of ether oxygens (including phenoxy) is 1. The molecule has 6 nitrogen and oxygen atoms in total. The first kappa shape index (κ1) is 24.6. The van der Waals surface area contributed by atoms with Crippen molar-refractivity contribution in [2.24, 2.45) is 0 Å². The van der Waals surface area contributed by atoms with Crippen LogP contribution in [0.5, 0.6) is 5.75 Å². The Labute approximate surface area is 213 Å². The minimum atomic E-state index is -4.08. The molecular formula is C26H19Cl2N3O3S. The highest BCUT2D eigenvalue weighted by atomic mass is 35.5. The number of hydrogen-bond donors (Lipinski definition) is 0. The zero-order valence-electron chi connectivity index (χ0n) is 18.5. The molecule has 1 heterocycles. The highest BCUT2D eigenvalue weighted by molar-refractivity contribution is 7.95. The van der Waals surface area contributed by atoms with E-state index in [1.807, 2.05) is 43.3 Å². The van der Waals surface area contributed by atoms with Gasteiger partial charge in [0.25, 0.3) is 0 Å². The molecule has 0 unspecified atom stereocenters. The number of hydrogen-bond acceptors (Lipinski definition) is 5. The number of rotatable bonds is 7. The van der Waals surface area contributed by atoms with Gasteiger partial charge >= 0.3 is 0 Å². The van der Waals surface area contributed by atoms with Gasteiger partial charge in [-0.05, 0) is 67.6 Å². The van der Waals surface area contributed by atoms with Crippen LogP contribution in [0.2, 0.25) is 10.0 Å². The molecule has 4 aromatic rings. The fourth-order valence-corrected chi connectivity index (χ4v) is 4.91. The number of nitriles is 1. The number of allylic oxidation sites excluding steroid dienone is 1. The zero-order valence-corrected chi connectivity index (χ0v) is 20.8. The van der Waals surface area contributed by atoms with E-state index in [9.17, 15) is 13.7 Å². The summed E-state index contributed by atoms with van der Waals surface area (Å²) in [5.74, 6) is 0.528. The average molecular weight is 524 g/mol. The van der Waals surface area contributed by atoms with Crippen LogP contribution in [0.3, 0.4) is 0 Å². The first-order valence-electron chi connectivity index (χ1n) is 10.5. The van der Waals surface area contributed by atoms with Crippen molar-refractivity contribution in [1.82, 2.24) is 9.78 Å². The minimum Gasteiger partial charge on any atom is -0.492 e. The molecule has 176 valence electrons. The molecule has 0 bridgehead atoms. The largest absolute Gasteiger partial charge is 0.492 e. The molecule has 0 aliphatic heterocycles. The summed E-state index contributed by atoms with van der Waals surface area (Å²) >= 11 is 12.3. The van der Waals surface area contributed by atoms with Crippen molar-refractivity contribution < 1.29 is 13.2 Å². The van der Waals surface area contributed by atoms with Crippen molar-refractivity contribution in [3.8, 4) is 28.8 Å². The van der Waals surface area contributed by atoms with Gasteiger partial charge < -0.3 is 4.74 Å². The number of nitrogens with zero attached hydrogens (tertiary/aromatic N) is 3. The smallest absolute Gasteiger partial charge is 0.216 e. The molecule has 0 atom stereocenters. The molecule has 0 N–H and O–H groups in total. The molecule has 0 saturated heterocycles. The van der Waals surface area contributed by atoms with Crippen molar-refractivity contribution in [3.63, 3.8) is 0 Å². The molecule has 0 radical (unpaired) electrons. The number of benzene rings is 3. The van der Waals surface area contributed by atoms with Gasteiger partial charge in [0.05, 0.1) is 22.2 Å². The first-order valence-corrected chi connectivity index (χ1v) is 12.8. The van der Waals surface area contributed by atoms with E-state index in [1.54, 1.807) is 29.1 Å². The van der Waals surface area contributed by atoms with Crippen LogP contribution >= 0.6 is 23.2 Å². The number of halogens is 2. The van der Waals surface area contributed by atoms with E-state index in [0.29, 0.717) is 39.2 Å². The van der Waals surface area contributed by atoms with Gasteiger partial charge in [-0.15, -0.1) is 0 Å². The molecule has 1 aromatic heterocycles. The van der Waals surface area contributed by atoms with Crippen molar-refractivity contribution >= 4 is 39.1 Å². The van der Waals surface area contributed by atoms with E-state index in [2.05, 4.69) is 5.10 Å². The zero-order chi connectivity index (χ0) is 25.0. The Kier molecular flexibility index (Phi) is 7.27. The maximum Gasteiger partial charge on any atom is 0.216 e. The van der Waals surface area contributed by atoms with Crippen LogP contribution in [0.15, 0.2) is 88.8 Å². The van der Waals surface area contributed by atoms with Crippen LogP contribution in [-0.4, -0.2) is 24.8 Å². The van der Waals surface area contributed by atoms with Crippen molar-refractivity contribution in [2.45, 2.75) is 11.8 Å². The standard InChI is InChI=1S/C26H19Cl2N3O3S/c1-2-34-25-13-8-18(15-24(25)28)26-19(17-31(30-26)21-6-4-3-5-7-21)14-23(16-29)35(32,33)22-11-9-20(27)10-12-22/h3-15,17H,2H2,1H3. The monoisotopic (exact) mass is 523 g/mol. The highest BCUT2D eigenvalue weighted by Gasteiger charge is 2.23. The molecule has 0 aliphatic rings. The van der Waals surface area contributed by atoms with Gasteiger partial charge in [0.15, 0.2) is 0 Å². The minimum absolute atomic E-state index is 0.0317. The summed E-state index contributed by atoms with van der Waals surface area (Å²) in [7, 11) is -4.08. The molecule has 0 saturated carbocycles. The lowest BCUT2D eigenvalue weighted by atomic mass is 10.1. The third-order valence-corrected chi connectivity index (χ3v) is 7.31. The van der Waals surface area contributed by atoms with E-state index < -0.39 is 14.7 Å². The molecule has 35 heavy (non-hydrogen) atoms. The Morgan fingerprint density at radius 3 is 2.43 bits per heavy atom. The predicted octanol–water partition coefficient (Wildman–Crippen LogP) is 6.58. The maximum atomic E-state index is 13.2. The van der Waals surface area contributed by atoms with Gasteiger partial charge in [-0.3, -0.25) is 0 Å². The summed E-state index contributed by atoms with van der Waals surface area (Å²) in [6, 6.07) is 22.0. The number of sulfone groups is 1. The van der Waals surface area contributed by atoms with Gasteiger partial charge in [-0.25, -0.2) is 13.1 Å². The maximum absolute atomic E-state index is 13.2. The van der Waals surface area contributed by atoms with Gasteiger partial charge in [0.2, 0.25) is 9.84 Å². The average Bonchev–Trinajstić information content (AvgIpc) is 3.28. The highest BCUT2D eigenvalue weighted by Crippen LogP contribution is 2.33. The van der Waals surface area contributed by atoms with Crippen LogP contribution in [-0.2, 0) is 9.84 Å². The molecule has 9 heteroatoms. The third kappa shape index (κ3) is 5.25. The topological polar surface area (TPSA) is 85.0 Å². The first-order chi connectivity index (χ1) is 16.8. The van der Waals surface area contributed by atoms with Crippen LogP contribution in [0.1, 0.15) is 12.5 Å². The quantitative estimate of drug-likeness (QED) is 0.255. The number of aromatic nitrogens is 2. The van der Waals surface area contributed by atoms with Crippen LogP contribution in [0.25, 0.3) is 23.0 Å². The van der Waals surface area contributed by atoms with Gasteiger partial charge in [-0.2, -0.15) is 10.4 Å². The van der Waals surface area contributed by atoms with Gasteiger partial charge in [0, 0.05) is 22.3 Å². The SMILES string of the molecule is CCOc1ccc(-c2nn(-c3ccccc3)cc2C=C(C#N)S(=O)(=O)c2ccc(Cl)cc2)cc1Cl. The van der Waals surface area contributed by atoms with Gasteiger partial charge in [0.1, 0.15) is 22.4 Å². The fraction of sp³-hybridized carbons (Fsp3) is 0.0769. The Balaban J connectivity index is 1.88. The summed E-state index contributed by atoms with van der Waals surface area (Å²) in [6.45, 7) is 2.32. The lowest BCUT2D eigenvalue weighted by molar-refractivity contribution is 0.340. The summed E-state index contributed by atoms with van der Waals surface area (Å²) in [5.41, 5.74) is 2.30. The van der Waals surface area contributed by atoms with E-state index in [1.165, 1.54) is 30.3 Å². The van der Waals surface area contributed by atoms with Crippen LogP contribution in [0, 0.1) is 11.3 Å². The summed E-state index contributed by atoms with van der Waals surface area (Å²) < 4.78 is 33.5. The summed E-state index contributed by atoms with van der Waals surface area (Å²) in [4.78, 5) is -0.457. The molecule has 0 aliphatic carbocycles. The molecular weight excluding hydrogens is 505 g/mol. The van der Waals surface area contributed by atoms with E-state index in [0.717, 1.165) is 5.69 Å². The molecule has 0 amide bonds. The normalized spacial score (nSPS) is 11.8. The van der Waals surface area contributed by atoms with Crippen LogP contribution in [0.4, 0.5) is 0 Å². The second kappa shape index (κ2) is 10.4. The van der Waals surface area contributed by atoms with E-state index in [-0.39, 0.29) is 4.90 Å². The predicted molar refractivity (Wildman–Crippen MR) is 137 cm³/mol. The molecule has 0 spiro atoms. The Bertz CT molecular complexity index is 1540. The molecule has 4 rings (SSSR count). The van der Waals surface area contributed by atoms with Crippen molar-refractivity contribution in [3.05, 3.63) is 99.5 Å². The van der Waals surface area contributed by atoms with Gasteiger partial charge in [-0.1, -0.05) is 41.4 Å². The fourth-order valence-electron chi connectivity index (χ4n) is 3.40. The number of para-hydroxylation sites is 1. The second-order valence-corrected chi connectivity index (χ2v) is 10.1. The summed E-state index contributed by atoms with van der Waals surface area (Å²) in [5, 5.41) is 15.2. The Morgan fingerprint density at radius 2 is 1.80 bits per heavy atom. The second-order valence-electron chi connectivity index (χ2n) is 7.37. The molecule has 0 fully saturated rings. The summed E-state index contributed by atoms with van der Waals surface area (Å²) in [6.07, 6.45) is 2.99. The molecule has 3 aromatic carbocycles. The van der Waals surface area contributed by atoms with Crippen molar-refractivity contribution in [1.29, 1.82) is 5.26 Å². The third-order valence-electron chi connectivity index (χ3n) is 5.08. The van der Waals surface area contributed by atoms with E-state index >= 15 is 0 Å². The van der Waals surface area contributed by atoms with Crippen molar-refractivity contribution in [2.75, 3.05) is 6.61 Å². The lowest BCUT2D eigenvalue weighted by Gasteiger charge is -2.07. The Hall–Kier alpha value is -3.57. The van der Waals surface area contributed by atoms with E-state index in [4.69, 9.17) is 27.9 Å².